The van der Waals surface area contributed by atoms with Gasteiger partial charge in [0.25, 0.3) is 0 Å². The van der Waals surface area contributed by atoms with Crippen LogP contribution in [0.1, 0.15) is 36.5 Å². The highest BCUT2D eigenvalue weighted by molar-refractivity contribution is 6.23. The molecule has 5 aromatic rings. The van der Waals surface area contributed by atoms with Crippen LogP contribution in [0, 0.1) is 47.3 Å². The molecule has 4 fully saturated rings. The number of fused-ring (bicyclic) bond motifs is 10. The second-order valence-corrected chi connectivity index (χ2v) is 16.8. The first-order valence-electron chi connectivity index (χ1n) is 20.2. The van der Waals surface area contributed by atoms with Crippen molar-refractivity contribution >= 4 is 35.0 Å². The third kappa shape index (κ3) is 5.20. The van der Waals surface area contributed by atoms with Crippen molar-refractivity contribution in [2.24, 2.45) is 47.3 Å². The molecule has 0 aromatic heterocycles. The minimum atomic E-state index is -0.508. The quantitative estimate of drug-likeness (QED) is 0.0845. The van der Waals surface area contributed by atoms with Crippen molar-refractivity contribution in [1.82, 2.24) is 0 Å². The summed E-state index contributed by atoms with van der Waals surface area (Å²) < 4.78 is 12.5. The zero-order valence-corrected chi connectivity index (χ0v) is 31.8. The van der Waals surface area contributed by atoms with Gasteiger partial charge in [0.2, 0.25) is 23.6 Å². The molecule has 2 saturated heterocycles. The van der Waals surface area contributed by atoms with E-state index in [0.29, 0.717) is 34.4 Å². The summed E-state index contributed by atoms with van der Waals surface area (Å²) in [7, 11) is 0. The van der Waals surface area contributed by atoms with Crippen LogP contribution in [0.4, 0.5) is 11.4 Å². The van der Waals surface area contributed by atoms with Crippen molar-refractivity contribution in [3.8, 4) is 23.0 Å². The van der Waals surface area contributed by atoms with Gasteiger partial charge in [-0.2, -0.15) is 0 Å². The Morgan fingerprint density at radius 3 is 1.03 bits per heavy atom. The van der Waals surface area contributed by atoms with Crippen LogP contribution in [0.25, 0.3) is 0 Å². The van der Waals surface area contributed by atoms with Crippen molar-refractivity contribution in [3.05, 3.63) is 168 Å². The van der Waals surface area contributed by atoms with Gasteiger partial charge >= 0.3 is 0 Å². The van der Waals surface area contributed by atoms with E-state index in [2.05, 4.69) is 67.6 Å². The largest absolute Gasteiger partial charge is 0.457 e. The number of ether oxygens (including phenoxy) is 2. The molecule has 11 rings (SSSR count). The van der Waals surface area contributed by atoms with E-state index in [9.17, 15) is 19.2 Å². The van der Waals surface area contributed by atoms with Gasteiger partial charge in [-0.15, -0.1) is 0 Å². The van der Waals surface area contributed by atoms with Crippen LogP contribution in [-0.2, 0) is 24.6 Å². The number of nitrogens with zero attached hydrogens (tertiary/aromatic N) is 2. The molecular formula is C50H40N2O6. The first kappa shape index (κ1) is 34.7. The lowest BCUT2D eigenvalue weighted by atomic mass is 9.71. The van der Waals surface area contributed by atoms with Crippen LogP contribution in [0.5, 0.6) is 23.0 Å². The van der Waals surface area contributed by atoms with Crippen LogP contribution in [0.15, 0.2) is 152 Å². The maximum Gasteiger partial charge on any atom is 0.238 e. The molecule has 2 aliphatic heterocycles. The SMILES string of the molecule is CC(c1ccccc1)(c1ccc(Oc2ccc(N3C(=O)[C@@H]4[C@H](C3=O)[C@H]3C=C[C@H]4C3)cc2)cc1)c1ccc(Oc2ccc(N3C(=O)[C@H]4[C@H](C3=O)[C@H]3C=C[C@H]4C3)cc2)cc1. The van der Waals surface area contributed by atoms with E-state index in [-0.39, 0.29) is 71.0 Å². The molecular weight excluding hydrogens is 725 g/mol. The Morgan fingerprint density at radius 2 is 0.707 bits per heavy atom. The van der Waals surface area contributed by atoms with Gasteiger partial charge in [0, 0.05) is 5.41 Å². The average molecular weight is 765 g/mol. The van der Waals surface area contributed by atoms with Gasteiger partial charge in [0.15, 0.2) is 0 Å². The minimum absolute atomic E-state index is 0.0902. The highest BCUT2D eigenvalue weighted by atomic mass is 16.5. The maximum atomic E-state index is 13.3. The fourth-order valence-electron chi connectivity index (χ4n) is 10.9. The molecule has 5 aromatic carbocycles. The van der Waals surface area contributed by atoms with Crippen molar-refractivity contribution < 1.29 is 28.7 Å². The Bertz CT molecular complexity index is 2330. The third-order valence-corrected chi connectivity index (χ3v) is 13.8. The molecule has 9 atom stereocenters. The Labute approximate surface area is 336 Å². The Morgan fingerprint density at radius 1 is 0.414 bits per heavy atom. The molecule has 0 radical (unpaired) electrons. The molecule has 4 amide bonds. The standard InChI is InChI=1S/C50H40N2O6/c1-50(33-5-3-2-4-6-33,34-11-19-38(20-12-34)57-40-23-15-36(16-24-40)51-46(53)42-29-7-8-30(27-29)43(42)47(51)54)35-13-21-39(22-14-35)58-41-25-17-37(18-26-41)52-48(55)44-31-9-10-32(28-31)45(44)49(52)56/h2-26,29-32,42-45H,27-28H2,1H3/t29-,30-,31-,32-,42-,43+,44+,45+,50?/m0/s1. The zero-order chi connectivity index (χ0) is 39.3. The van der Waals surface area contributed by atoms with Crippen molar-refractivity contribution in [3.63, 3.8) is 0 Å². The van der Waals surface area contributed by atoms with Gasteiger partial charge in [-0.1, -0.05) is 78.9 Å². The van der Waals surface area contributed by atoms with Gasteiger partial charge in [-0.25, -0.2) is 0 Å². The number of hydrogen-bond donors (Lipinski definition) is 0. The summed E-state index contributed by atoms with van der Waals surface area (Å²) >= 11 is 0. The van der Waals surface area contributed by atoms with Crippen LogP contribution in [0.2, 0.25) is 0 Å². The molecule has 8 heteroatoms. The maximum absolute atomic E-state index is 13.3. The van der Waals surface area contributed by atoms with Crippen molar-refractivity contribution in [1.29, 1.82) is 0 Å². The second kappa shape index (κ2) is 13.0. The minimum Gasteiger partial charge on any atom is -0.457 e. The molecule has 2 saturated carbocycles. The van der Waals surface area contributed by atoms with E-state index in [4.69, 9.17) is 9.47 Å². The van der Waals surface area contributed by atoms with Gasteiger partial charge in [0.05, 0.1) is 35.0 Å². The third-order valence-electron chi connectivity index (χ3n) is 13.8. The first-order valence-corrected chi connectivity index (χ1v) is 20.2. The molecule has 4 aliphatic carbocycles. The number of amides is 4. The molecule has 2 heterocycles. The topological polar surface area (TPSA) is 93.2 Å². The van der Waals surface area contributed by atoms with E-state index in [1.807, 2.05) is 42.5 Å². The Hall–Kier alpha value is -6.54. The summed E-state index contributed by atoms with van der Waals surface area (Å²) in [6.45, 7) is 2.21. The van der Waals surface area contributed by atoms with Crippen molar-refractivity contribution in [2.75, 3.05) is 9.80 Å². The number of hydrogen-bond acceptors (Lipinski definition) is 6. The van der Waals surface area contributed by atoms with E-state index < -0.39 is 5.41 Å². The summed E-state index contributed by atoms with van der Waals surface area (Å²) in [5.74, 6) is 1.95. The summed E-state index contributed by atoms with van der Waals surface area (Å²) in [6, 6.07) is 40.9. The average Bonchev–Trinajstić information content (AvgIpc) is 4.13. The Kier molecular flexibility index (Phi) is 7.77. The summed E-state index contributed by atoms with van der Waals surface area (Å²) in [5.41, 5.74) is 3.93. The van der Waals surface area contributed by atoms with E-state index in [0.717, 1.165) is 29.5 Å². The van der Waals surface area contributed by atoms with Gasteiger partial charge in [-0.3, -0.25) is 29.0 Å². The predicted octanol–water partition coefficient (Wildman–Crippen LogP) is 9.25. The number of anilines is 2. The van der Waals surface area contributed by atoms with Crippen molar-refractivity contribution in [2.45, 2.75) is 25.2 Å². The summed E-state index contributed by atoms with van der Waals surface area (Å²) in [6.07, 6.45) is 10.2. The molecule has 1 unspecified atom stereocenters. The van der Waals surface area contributed by atoms with Crippen LogP contribution < -0.4 is 19.3 Å². The molecule has 0 spiro atoms. The molecule has 8 nitrogen and oxygen atoms in total. The molecule has 58 heavy (non-hydrogen) atoms. The van der Waals surface area contributed by atoms with E-state index >= 15 is 0 Å². The zero-order valence-electron chi connectivity index (χ0n) is 31.8. The van der Waals surface area contributed by atoms with Crippen LogP contribution >= 0.6 is 0 Å². The number of rotatable bonds is 9. The predicted molar refractivity (Wildman–Crippen MR) is 218 cm³/mol. The molecule has 6 aliphatic rings. The number of carbonyl (C=O) groups is 4. The number of carbonyl (C=O) groups excluding carboxylic acids is 4. The summed E-state index contributed by atoms with van der Waals surface area (Å²) in [5, 5.41) is 0. The van der Waals surface area contributed by atoms with Gasteiger partial charge < -0.3 is 9.47 Å². The first-order chi connectivity index (χ1) is 28.3. The smallest absolute Gasteiger partial charge is 0.238 e. The molecule has 286 valence electrons. The highest BCUT2D eigenvalue weighted by Gasteiger charge is 2.60. The monoisotopic (exact) mass is 764 g/mol. The Balaban J connectivity index is 0.785. The number of allylic oxidation sites excluding steroid dienone is 4. The van der Waals surface area contributed by atoms with Crippen LogP contribution in [-0.4, -0.2) is 23.6 Å². The van der Waals surface area contributed by atoms with E-state index in [1.165, 1.54) is 9.80 Å². The fourth-order valence-corrected chi connectivity index (χ4v) is 10.9. The lowest BCUT2D eigenvalue weighted by molar-refractivity contribution is -0.124. The van der Waals surface area contributed by atoms with E-state index in [1.54, 1.807) is 48.5 Å². The lowest BCUT2D eigenvalue weighted by Crippen LogP contribution is -2.32. The molecule has 0 N–H and O–H groups in total. The number of benzene rings is 5. The van der Waals surface area contributed by atoms with Gasteiger partial charge in [0.1, 0.15) is 23.0 Å². The molecule has 4 bridgehead atoms. The normalized spacial score (nSPS) is 27.5. The van der Waals surface area contributed by atoms with Gasteiger partial charge in [-0.05, 0) is 133 Å². The second-order valence-electron chi connectivity index (χ2n) is 16.8. The number of imide groups is 2. The van der Waals surface area contributed by atoms with Crippen LogP contribution in [0.3, 0.4) is 0 Å². The fraction of sp³-hybridized carbons (Fsp3) is 0.240. The highest BCUT2D eigenvalue weighted by Crippen LogP contribution is 2.54. The lowest BCUT2D eigenvalue weighted by Gasteiger charge is -2.32. The summed E-state index contributed by atoms with van der Waals surface area (Å²) in [4.78, 5) is 55.9.